The monoisotopic (exact) mass is 278 g/mol. The molecule has 0 aliphatic rings. The van der Waals surface area contributed by atoms with E-state index in [1.165, 1.54) is 19.2 Å². The van der Waals surface area contributed by atoms with Crippen molar-refractivity contribution in [2.75, 3.05) is 7.11 Å². The van der Waals surface area contributed by atoms with E-state index in [4.69, 9.17) is 10.6 Å². The summed E-state index contributed by atoms with van der Waals surface area (Å²) in [6, 6.07) is 10.6. The predicted octanol–water partition coefficient (Wildman–Crippen LogP) is 2.72. The van der Waals surface area contributed by atoms with E-state index in [-0.39, 0.29) is 17.6 Å². The number of halogens is 2. The van der Waals surface area contributed by atoms with E-state index < -0.39 is 5.82 Å². The Labute approximate surface area is 116 Å². The fraction of sp³-hybridized carbons (Fsp3) is 0.200. The molecule has 2 rings (SSSR count). The molecule has 3 nitrogen and oxygen atoms in total. The van der Waals surface area contributed by atoms with E-state index >= 15 is 0 Å². The van der Waals surface area contributed by atoms with E-state index in [9.17, 15) is 8.78 Å². The largest absolute Gasteiger partial charge is 0.494 e. The van der Waals surface area contributed by atoms with Gasteiger partial charge in [0.15, 0.2) is 11.6 Å². The fourth-order valence-corrected chi connectivity index (χ4v) is 2.06. The van der Waals surface area contributed by atoms with Gasteiger partial charge in [0.05, 0.1) is 13.2 Å². The number of hydrogen-bond acceptors (Lipinski definition) is 3. The van der Waals surface area contributed by atoms with Crippen LogP contribution in [0.1, 0.15) is 17.2 Å². The summed E-state index contributed by atoms with van der Waals surface area (Å²) in [5.74, 6) is 4.98. The van der Waals surface area contributed by atoms with Crippen LogP contribution in [0, 0.1) is 11.6 Å². The van der Waals surface area contributed by atoms with Gasteiger partial charge >= 0.3 is 0 Å². The van der Waals surface area contributed by atoms with Crippen LogP contribution in [0.2, 0.25) is 0 Å². The number of hydrogen-bond donors (Lipinski definition) is 2. The minimum absolute atomic E-state index is 0.192. The van der Waals surface area contributed by atoms with Gasteiger partial charge < -0.3 is 4.74 Å². The summed E-state index contributed by atoms with van der Waals surface area (Å²) in [6.07, 6.45) is 0.338. The lowest BCUT2D eigenvalue weighted by atomic mass is 9.99. The summed E-state index contributed by atoms with van der Waals surface area (Å²) in [4.78, 5) is 0. The second kappa shape index (κ2) is 6.45. The quantitative estimate of drug-likeness (QED) is 0.653. The maximum Gasteiger partial charge on any atom is 0.168 e. The van der Waals surface area contributed by atoms with Crippen molar-refractivity contribution in [3.8, 4) is 5.75 Å². The summed E-state index contributed by atoms with van der Waals surface area (Å²) in [5.41, 5.74) is 3.89. The van der Waals surface area contributed by atoms with Gasteiger partial charge in [-0.05, 0) is 35.7 Å². The lowest BCUT2D eigenvalue weighted by Gasteiger charge is -2.17. The molecule has 1 unspecified atom stereocenters. The van der Waals surface area contributed by atoms with E-state index in [0.29, 0.717) is 12.0 Å². The fourth-order valence-electron chi connectivity index (χ4n) is 2.06. The summed E-state index contributed by atoms with van der Waals surface area (Å²) < 4.78 is 32.0. The van der Waals surface area contributed by atoms with Gasteiger partial charge in [-0.25, -0.2) is 8.78 Å². The van der Waals surface area contributed by atoms with E-state index in [2.05, 4.69) is 5.43 Å². The molecule has 0 aliphatic carbocycles. The molecule has 0 aromatic heterocycles. The van der Waals surface area contributed by atoms with Crippen molar-refractivity contribution in [3.63, 3.8) is 0 Å². The van der Waals surface area contributed by atoms with Gasteiger partial charge in [0.1, 0.15) is 5.82 Å². The molecule has 106 valence electrons. The molecule has 0 heterocycles. The smallest absolute Gasteiger partial charge is 0.168 e. The highest BCUT2D eigenvalue weighted by Gasteiger charge is 2.15. The Bertz CT molecular complexity index is 573. The number of hydrazine groups is 1. The van der Waals surface area contributed by atoms with Crippen LogP contribution in [-0.2, 0) is 6.42 Å². The van der Waals surface area contributed by atoms with Gasteiger partial charge in [-0.1, -0.05) is 24.3 Å². The van der Waals surface area contributed by atoms with Crippen LogP contribution in [0.15, 0.2) is 42.5 Å². The van der Waals surface area contributed by atoms with Gasteiger partial charge in [-0.2, -0.15) is 0 Å². The van der Waals surface area contributed by atoms with Crippen LogP contribution in [0.25, 0.3) is 0 Å². The van der Waals surface area contributed by atoms with Crippen LogP contribution >= 0.6 is 0 Å². The first-order valence-electron chi connectivity index (χ1n) is 6.18. The van der Waals surface area contributed by atoms with Gasteiger partial charge in [-0.3, -0.25) is 11.3 Å². The third kappa shape index (κ3) is 3.12. The number of nitrogens with two attached hydrogens (primary N) is 1. The van der Waals surface area contributed by atoms with Crippen molar-refractivity contribution >= 4 is 0 Å². The van der Waals surface area contributed by atoms with Crippen LogP contribution in [0.5, 0.6) is 5.75 Å². The molecule has 20 heavy (non-hydrogen) atoms. The SMILES string of the molecule is COc1cccc(CC(NN)c2ccc(F)cc2)c1F. The Morgan fingerprint density at radius 1 is 1.15 bits per heavy atom. The maximum atomic E-state index is 14.1. The third-order valence-electron chi connectivity index (χ3n) is 3.16. The molecule has 2 aromatic rings. The maximum absolute atomic E-state index is 14.1. The van der Waals surface area contributed by atoms with Crippen molar-refractivity contribution in [1.82, 2.24) is 5.43 Å². The average Bonchev–Trinajstić information content (AvgIpc) is 2.47. The Hall–Kier alpha value is -1.98. The zero-order chi connectivity index (χ0) is 14.5. The zero-order valence-corrected chi connectivity index (χ0v) is 11.1. The van der Waals surface area contributed by atoms with E-state index in [1.54, 1.807) is 30.3 Å². The predicted molar refractivity (Wildman–Crippen MR) is 73.1 cm³/mol. The van der Waals surface area contributed by atoms with Crippen molar-refractivity contribution in [2.24, 2.45) is 5.84 Å². The lowest BCUT2D eigenvalue weighted by Crippen LogP contribution is -2.29. The zero-order valence-electron chi connectivity index (χ0n) is 11.1. The molecule has 0 spiro atoms. The molecule has 0 saturated heterocycles. The molecule has 0 fully saturated rings. The molecule has 0 bridgehead atoms. The second-order valence-corrected chi connectivity index (χ2v) is 4.41. The highest BCUT2D eigenvalue weighted by Crippen LogP contribution is 2.25. The molecular weight excluding hydrogens is 262 g/mol. The van der Waals surface area contributed by atoms with E-state index in [1.807, 2.05) is 0 Å². The molecule has 3 N–H and O–H groups in total. The van der Waals surface area contributed by atoms with Crippen LogP contribution in [-0.4, -0.2) is 7.11 Å². The van der Waals surface area contributed by atoms with Crippen molar-refractivity contribution < 1.29 is 13.5 Å². The lowest BCUT2D eigenvalue weighted by molar-refractivity contribution is 0.382. The van der Waals surface area contributed by atoms with Crippen molar-refractivity contribution in [1.29, 1.82) is 0 Å². The summed E-state index contributed by atoms with van der Waals surface area (Å²) >= 11 is 0. The molecular formula is C15H16F2N2O. The van der Waals surface area contributed by atoms with Crippen molar-refractivity contribution in [3.05, 3.63) is 65.2 Å². The summed E-state index contributed by atoms with van der Waals surface area (Å²) in [5, 5.41) is 0. The van der Waals surface area contributed by atoms with Gasteiger partial charge in [0.25, 0.3) is 0 Å². The molecule has 0 aliphatic heterocycles. The average molecular weight is 278 g/mol. The first-order chi connectivity index (χ1) is 9.65. The molecule has 0 amide bonds. The van der Waals surface area contributed by atoms with Gasteiger partial charge in [0, 0.05) is 0 Å². The number of nitrogens with one attached hydrogen (secondary N) is 1. The number of methoxy groups -OCH3 is 1. The highest BCUT2D eigenvalue weighted by atomic mass is 19.1. The standard InChI is InChI=1S/C15H16F2N2O/c1-20-14-4-2-3-11(15(14)17)9-13(19-18)10-5-7-12(16)8-6-10/h2-8,13,19H,9,18H2,1H3. The molecule has 2 aromatic carbocycles. The van der Waals surface area contributed by atoms with Crippen LogP contribution < -0.4 is 16.0 Å². The molecule has 1 atom stereocenters. The van der Waals surface area contributed by atoms with Gasteiger partial charge in [-0.15, -0.1) is 0 Å². The highest BCUT2D eigenvalue weighted by molar-refractivity contribution is 5.33. The van der Waals surface area contributed by atoms with Crippen molar-refractivity contribution in [2.45, 2.75) is 12.5 Å². The number of rotatable bonds is 5. The second-order valence-electron chi connectivity index (χ2n) is 4.41. The minimum atomic E-state index is -0.405. The normalized spacial score (nSPS) is 12.2. The topological polar surface area (TPSA) is 47.3 Å². The summed E-state index contributed by atoms with van der Waals surface area (Å²) in [6.45, 7) is 0. The molecule has 0 saturated carbocycles. The van der Waals surface area contributed by atoms with E-state index in [0.717, 1.165) is 5.56 Å². The van der Waals surface area contributed by atoms with Crippen LogP contribution in [0.3, 0.4) is 0 Å². The Kier molecular flexibility index (Phi) is 4.65. The third-order valence-corrected chi connectivity index (χ3v) is 3.16. The first-order valence-corrected chi connectivity index (χ1v) is 6.18. The molecule has 0 radical (unpaired) electrons. The van der Waals surface area contributed by atoms with Crippen LogP contribution in [0.4, 0.5) is 8.78 Å². The first kappa shape index (κ1) is 14.4. The minimum Gasteiger partial charge on any atom is -0.494 e. The Balaban J connectivity index is 2.24. The number of ether oxygens (including phenoxy) is 1. The van der Waals surface area contributed by atoms with Gasteiger partial charge in [0.2, 0.25) is 0 Å². The molecule has 5 heteroatoms. The summed E-state index contributed by atoms with van der Waals surface area (Å²) in [7, 11) is 1.42. The Morgan fingerprint density at radius 2 is 1.85 bits per heavy atom. The number of benzene rings is 2. The Morgan fingerprint density at radius 3 is 2.45 bits per heavy atom.